The van der Waals surface area contributed by atoms with Gasteiger partial charge in [0.25, 0.3) is 57.8 Å². The molecule has 0 aliphatic heterocycles. The predicted octanol–water partition coefficient (Wildman–Crippen LogP) is 13.5. The van der Waals surface area contributed by atoms with Crippen LogP contribution < -0.4 is 14.2 Å². The van der Waals surface area contributed by atoms with E-state index in [0.717, 1.165) is 76.4 Å². The van der Waals surface area contributed by atoms with Crippen molar-refractivity contribution >= 4 is 129 Å². The fourth-order valence-corrected chi connectivity index (χ4v) is 11.6. The van der Waals surface area contributed by atoms with Crippen molar-refractivity contribution in [2.45, 2.75) is 55.7 Å². The third kappa shape index (κ3) is 35.4. The molecular formula is C101H92O35S. The number of rotatable bonds is 42. The molecule has 0 radical (unpaired) electrons. The van der Waals surface area contributed by atoms with E-state index in [1.165, 1.54) is 172 Å². The Labute approximate surface area is 788 Å². The largest absolute Gasteiger partial charge is 0.463 e. The first-order valence-corrected chi connectivity index (χ1v) is 41.9. The van der Waals surface area contributed by atoms with E-state index in [0.29, 0.717) is 53.8 Å². The van der Waals surface area contributed by atoms with E-state index in [-0.39, 0.29) is 95.3 Å². The Bertz CT molecular complexity index is 5060. The summed E-state index contributed by atoms with van der Waals surface area (Å²) in [6.45, 7) is 4.74. The highest BCUT2D eigenvalue weighted by Crippen LogP contribution is 2.30. The number of carbonyl (C=O) groups excluding carboxylic acids is 20. The van der Waals surface area contributed by atoms with E-state index in [2.05, 4.69) is 28.4 Å². The minimum absolute atomic E-state index is 0.00829. The third-order valence-corrected chi connectivity index (χ3v) is 19.2. The van der Waals surface area contributed by atoms with Crippen LogP contribution >= 0.6 is 11.8 Å². The molecule has 10 aromatic carbocycles. The van der Waals surface area contributed by atoms with Crippen molar-refractivity contribution < 1.29 is 167 Å². The number of unbranched alkanes of at least 4 members (excludes halogenated alkanes) is 2. The minimum Gasteiger partial charge on any atom is -0.463 e. The zero-order valence-corrected chi connectivity index (χ0v) is 76.4. The zero-order valence-electron chi connectivity index (χ0n) is 75.6. The van der Waals surface area contributed by atoms with Gasteiger partial charge < -0.3 is 71.1 Å². The Morgan fingerprint density at radius 3 is 0.526 bits per heavy atom. The molecule has 0 unspecified atom stereocenters. The van der Waals surface area contributed by atoms with Gasteiger partial charge in [0.15, 0.2) is 0 Å². The molecule has 0 spiro atoms. The zero-order chi connectivity index (χ0) is 100. The molecule has 10 rings (SSSR count). The summed E-state index contributed by atoms with van der Waals surface area (Å²) in [5.74, 6) is -13.9. The lowest BCUT2D eigenvalue weighted by Gasteiger charge is -2.08. The standard InChI is InChI=1S/C24H26O7.C22H22O9.C19H16O6.C18H14O7.C18H14O6S/c1-3-5-15-29-23(27)21(25)17-7-11-19(12-8-17)31-20-13-9-18(10-14-20)22(26)24(28)30-16-6-4-2;1-27-11-13-29-21(25)19(23)15-3-7-17(8-4-15)31-18-9-5-16(6-10-18)20(24)22(26)30-14-12-28-2;1-24-18(22)16(20)14-7-3-12(4-8-14)11-13-5-9-15(10-6-13)17(21)19(23)25-2;2*1-23-17(21)15(19)11-3-7-13(8-4-11)25-14-9-5-12(6-10-14)16(20)18(22)24-2/h7-14H,3-6,15-16H2,1-2H3;3-10H,11-14H2,1-2H3;3-10H,11H2,1-2H3;2*3-10H,1-2H3. The number of ether oxygens (including phenoxy) is 15. The molecule has 10 aromatic rings. The van der Waals surface area contributed by atoms with Crippen molar-refractivity contribution in [1.29, 1.82) is 0 Å². The Morgan fingerprint density at radius 1 is 0.197 bits per heavy atom. The van der Waals surface area contributed by atoms with Crippen molar-refractivity contribution in [2.24, 2.45) is 0 Å². The molecule has 0 amide bonds. The maximum absolute atomic E-state index is 12.1. The summed E-state index contributed by atoms with van der Waals surface area (Å²) in [6, 6.07) is 61.9. The van der Waals surface area contributed by atoms with Gasteiger partial charge in [0.05, 0.1) is 69.1 Å². The molecular weight excluding hydrogens is 1810 g/mol. The van der Waals surface area contributed by atoms with Crippen LogP contribution in [-0.2, 0) is 111 Å². The molecule has 0 saturated carbocycles. The second-order valence-electron chi connectivity index (χ2n) is 27.7. The molecule has 0 atom stereocenters. The van der Waals surface area contributed by atoms with E-state index in [1.54, 1.807) is 97.1 Å². The summed E-state index contributed by atoms with van der Waals surface area (Å²) in [5.41, 5.74) is 3.94. The highest BCUT2D eigenvalue weighted by Gasteiger charge is 2.26. The molecule has 137 heavy (non-hydrogen) atoms. The molecule has 0 fully saturated rings. The van der Waals surface area contributed by atoms with Crippen LogP contribution in [0.2, 0.25) is 0 Å². The fourth-order valence-electron chi connectivity index (χ4n) is 10.8. The lowest BCUT2D eigenvalue weighted by molar-refractivity contribution is -0.140. The molecule has 35 nitrogen and oxygen atoms in total. The van der Waals surface area contributed by atoms with Crippen LogP contribution in [0, 0.1) is 0 Å². The number of carbonyl (C=O) groups is 20. The van der Waals surface area contributed by atoms with Gasteiger partial charge in [0.1, 0.15) is 47.7 Å². The highest BCUT2D eigenvalue weighted by atomic mass is 32.2. The summed E-state index contributed by atoms with van der Waals surface area (Å²) < 4.78 is 72.1. The lowest BCUT2D eigenvalue weighted by Crippen LogP contribution is -2.19. The number of esters is 10. The Balaban J connectivity index is 0.000000264. The van der Waals surface area contributed by atoms with E-state index >= 15 is 0 Å². The normalized spacial score (nSPS) is 10.1. The summed E-state index contributed by atoms with van der Waals surface area (Å²) >= 11 is 1.40. The van der Waals surface area contributed by atoms with Crippen LogP contribution in [0.5, 0.6) is 34.5 Å². The smallest absolute Gasteiger partial charge is 0.379 e. The first-order chi connectivity index (χ1) is 65.8. The molecule has 0 aliphatic carbocycles. The predicted molar refractivity (Wildman–Crippen MR) is 484 cm³/mol. The van der Waals surface area contributed by atoms with Crippen molar-refractivity contribution in [3.63, 3.8) is 0 Å². The number of benzene rings is 10. The van der Waals surface area contributed by atoms with Crippen LogP contribution in [0.4, 0.5) is 0 Å². The van der Waals surface area contributed by atoms with Gasteiger partial charge in [0.2, 0.25) is 0 Å². The molecule has 0 N–H and O–H groups in total. The second-order valence-corrected chi connectivity index (χ2v) is 28.8. The van der Waals surface area contributed by atoms with Gasteiger partial charge in [-0.15, -0.1) is 0 Å². The van der Waals surface area contributed by atoms with Crippen LogP contribution in [-0.4, -0.2) is 214 Å². The number of methoxy groups -OCH3 is 8. The number of ketones is 10. The second kappa shape index (κ2) is 57.5. The van der Waals surface area contributed by atoms with Gasteiger partial charge in [-0.25, -0.2) is 47.9 Å². The molecule has 36 heteroatoms. The minimum atomic E-state index is -0.966. The van der Waals surface area contributed by atoms with Gasteiger partial charge in [-0.2, -0.15) is 0 Å². The van der Waals surface area contributed by atoms with Gasteiger partial charge in [0, 0.05) is 79.6 Å². The van der Waals surface area contributed by atoms with Gasteiger partial charge in [-0.3, -0.25) is 47.9 Å². The van der Waals surface area contributed by atoms with E-state index in [9.17, 15) is 95.9 Å². The molecule has 712 valence electrons. The quantitative estimate of drug-likeness (QED) is 0.0113. The van der Waals surface area contributed by atoms with Crippen LogP contribution in [0.3, 0.4) is 0 Å². The Morgan fingerprint density at radius 2 is 0.358 bits per heavy atom. The van der Waals surface area contributed by atoms with Gasteiger partial charge in [-0.1, -0.05) is 87.0 Å². The van der Waals surface area contributed by atoms with Gasteiger partial charge in [-0.05, 0) is 225 Å². The third-order valence-electron chi connectivity index (χ3n) is 18.2. The maximum atomic E-state index is 12.1. The van der Waals surface area contributed by atoms with Gasteiger partial charge >= 0.3 is 59.7 Å². The van der Waals surface area contributed by atoms with Crippen molar-refractivity contribution in [3.8, 4) is 34.5 Å². The van der Waals surface area contributed by atoms with Crippen LogP contribution in [0.1, 0.15) is 154 Å². The SMILES string of the molecule is CCCCOC(=O)C(=O)c1ccc(Oc2ccc(C(=O)C(=O)OCCCC)cc2)cc1.COC(=O)C(=O)c1ccc(Cc2ccc(C(=O)C(=O)OC)cc2)cc1.COC(=O)C(=O)c1ccc(Oc2ccc(C(=O)C(=O)OC)cc2)cc1.COC(=O)C(=O)c1ccc(Sc2ccc(C(=O)C(=O)OC)cc2)cc1.COCCOC(=O)C(=O)c1ccc(Oc2ccc(C(=O)C(=O)OCCOC)cc2)cc1. The lowest BCUT2D eigenvalue weighted by atomic mass is 10.0. The van der Waals surface area contributed by atoms with Crippen LogP contribution in [0.15, 0.2) is 252 Å². The summed E-state index contributed by atoms with van der Waals surface area (Å²) in [5, 5.41) is 0. The number of Topliss-reactive ketones (excluding diaryl/α,β-unsaturated/α-hetero) is 10. The summed E-state index contributed by atoms with van der Waals surface area (Å²) in [6.07, 6.45) is 3.71. The molecule has 0 aliphatic rings. The topological polar surface area (TPSA) is 480 Å². The molecule has 0 saturated heterocycles. The summed E-state index contributed by atoms with van der Waals surface area (Å²) in [4.78, 5) is 234. The molecule has 0 bridgehead atoms. The highest BCUT2D eigenvalue weighted by molar-refractivity contribution is 7.99. The molecule has 0 aromatic heterocycles. The van der Waals surface area contributed by atoms with Crippen LogP contribution in [0.25, 0.3) is 0 Å². The maximum Gasteiger partial charge on any atom is 0.379 e. The monoisotopic (exact) mass is 1900 g/mol. The van der Waals surface area contributed by atoms with Crippen molar-refractivity contribution in [2.75, 3.05) is 96.5 Å². The average molecular weight is 1900 g/mol. The van der Waals surface area contributed by atoms with Crippen molar-refractivity contribution in [1.82, 2.24) is 0 Å². The summed E-state index contributed by atoms with van der Waals surface area (Å²) in [7, 11) is 9.79. The van der Waals surface area contributed by atoms with E-state index in [4.69, 9.17) is 42.6 Å². The fraction of sp³-hybridized carbons (Fsp3) is 0.208. The average Bonchev–Trinajstić information content (AvgIpc) is 0.843. The van der Waals surface area contributed by atoms with E-state index < -0.39 is 118 Å². The Hall–Kier alpha value is -16.7. The number of hydrogen-bond donors (Lipinski definition) is 0. The Kier molecular flexibility index (Phi) is 45.8. The first kappa shape index (κ1) is 109. The number of hydrogen-bond acceptors (Lipinski definition) is 36. The molecule has 0 heterocycles. The first-order valence-electron chi connectivity index (χ1n) is 41.1. The van der Waals surface area contributed by atoms with Crippen molar-refractivity contribution in [3.05, 3.63) is 309 Å². The van der Waals surface area contributed by atoms with E-state index in [1.807, 2.05) is 13.8 Å².